The van der Waals surface area contributed by atoms with Crippen LogP contribution in [0.3, 0.4) is 0 Å². The molecule has 0 heterocycles. The highest BCUT2D eigenvalue weighted by atomic mass is 31.2. The Kier molecular flexibility index (Phi) is 57.5. The number of ether oxygens (including phenoxy) is 2. The number of esters is 2. The van der Waals surface area contributed by atoms with Crippen LogP contribution in [0.2, 0.25) is 0 Å². The molecular weight excluding hydrogens is 906 g/mol. The molecule has 0 saturated heterocycles. The van der Waals surface area contributed by atoms with Gasteiger partial charge in [0, 0.05) is 19.4 Å². The fourth-order valence-corrected chi connectivity index (χ4v) is 10.6. The Hall–Kier alpha value is -0.990. The monoisotopic (exact) mass is 1030 g/mol. The number of carbonyl (C=O) groups is 2. The van der Waals surface area contributed by atoms with Crippen LogP contribution in [0.25, 0.3) is 0 Å². The van der Waals surface area contributed by atoms with Crippen LogP contribution < -0.4 is 5.73 Å². The molecule has 0 aromatic heterocycles. The van der Waals surface area contributed by atoms with Gasteiger partial charge in [-0.25, -0.2) is 4.57 Å². The number of nitrogens with two attached hydrogens (primary N) is 1. The first kappa shape index (κ1) is 70.0. The zero-order valence-corrected chi connectivity index (χ0v) is 48.4. The molecule has 2 atom stereocenters. The van der Waals surface area contributed by atoms with E-state index in [1.165, 1.54) is 283 Å². The van der Waals surface area contributed by atoms with Gasteiger partial charge in [0.05, 0.1) is 13.2 Å². The van der Waals surface area contributed by atoms with Crippen molar-refractivity contribution in [3.63, 3.8) is 0 Å². The summed E-state index contributed by atoms with van der Waals surface area (Å²) in [5, 5.41) is 0. The molecule has 0 amide bonds. The van der Waals surface area contributed by atoms with E-state index < -0.39 is 26.5 Å². The van der Waals surface area contributed by atoms with E-state index in [1.54, 1.807) is 0 Å². The third kappa shape index (κ3) is 58.1. The standard InChI is InChI=1S/C61H122NO8P/c1-3-5-7-9-11-13-15-16-17-18-19-20-21-22-23-24-25-26-27-28-29-30-31-32-33-34-35-36-37-38-39-40-41-42-44-46-48-50-52-54-61(64)70-59(58-69-71(65,66)68-56-55-62)57-67-60(63)53-51-49-47-45-43-14-12-10-8-6-4-2/h59H,3-58,62H2,1-2H3,(H,65,66). The van der Waals surface area contributed by atoms with Crippen molar-refractivity contribution in [3.8, 4) is 0 Å². The van der Waals surface area contributed by atoms with Crippen molar-refractivity contribution < 1.29 is 37.6 Å². The Morgan fingerprint density at radius 3 is 0.859 bits per heavy atom. The van der Waals surface area contributed by atoms with Gasteiger partial charge in [-0.05, 0) is 12.8 Å². The summed E-state index contributed by atoms with van der Waals surface area (Å²) in [6, 6.07) is 0. The van der Waals surface area contributed by atoms with E-state index in [-0.39, 0.29) is 38.6 Å². The van der Waals surface area contributed by atoms with E-state index in [9.17, 15) is 19.0 Å². The lowest BCUT2D eigenvalue weighted by Gasteiger charge is -2.19. The molecule has 0 aliphatic carbocycles. The minimum Gasteiger partial charge on any atom is -0.462 e. The van der Waals surface area contributed by atoms with Crippen molar-refractivity contribution >= 4 is 19.8 Å². The Morgan fingerprint density at radius 2 is 0.606 bits per heavy atom. The maximum Gasteiger partial charge on any atom is 0.472 e. The molecule has 10 heteroatoms. The Morgan fingerprint density at radius 1 is 0.366 bits per heavy atom. The molecule has 0 aromatic carbocycles. The molecule has 3 N–H and O–H groups in total. The first-order valence-electron chi connectivity index (χ1n) is 31.5. The largest absolute Gasteiger partial charge is 0.472 e. The third-order valence-corrected chi connectivity index (χ3v) is 15.5. The second kappa shape index (κ2) is 58.3. The molecule has 0 aromatic rings. The molecule has 0 radical (unpaired) electrons. The molecule has 71 heavy (non-hydrogen) atoms. The lowest BCUT2D eigenvalue weighted by Crippen LogP contribution is -2.29. The number of hydrogen-bond donors (Lipinski definition) is 2. The van der Waals surface area contributed by atoms with Gasteiger partial charge in [0.2, 0.25) is 0 Å². The molecule has 0 saturated carbocycles. The summed E-state index contributed by atoms with van der Waals surface area (Å²) >= 11 is 0. The second-order valence-corrected chi connectivity index (χ2v) is 23.1. The molecular formula is C61H122NO8P. The summed E-state index contributed by atoms with van der Waals surface area (Å²) in [5.41, 5.74) is 5.37. The van der Waals surface area contributed by atoms with Gasteiger partial charge >= 0.3 is 19.8 Å². The minimum atomic E-state index is -4.37. The fraction of sp³-hybridized carbons (Fsp3) is 0.967. The van der Waals surface area contributed by atoms with Gasteiger partial charge in [-0.15, -0.1) is 0 Å². The minimum absolute atomic E-state index is 0.0583. The molecule has 424 valence electrons. The Bertz CT molecular complexity index is 1130. The van der Waals surface area contributed by atoms with Gasteiger partial charge < -0.3 is 20.1 Å². The fourth-order valence-electron chi connectivity index (χ4n) is 9.82. The number of rotatable bonds is 61. The SMILES string of the molecule is CCCCCCCCCCCCCCCCCCCCCCCCCCCCCCCCCCCCCCCCCC(=O)OC(COC(=O)CCCCCCCCCCCCC)COP(=O)(O)OCCN. The first-order chi connectivity index (χ1) is 34.8. The molecule has 0 fully saturated rings. The zero-order chi connectivity index (χ0) is 51.7. The first-order valence-corrected chi connectivity index (χ1v) is 33.0. The quantitative estimate of drug-likeness (QED) is 0.0347. The smallest absolute Gasteiger partial charge is 0.462 e. The van der Waals surface area contributed by atoms with Crippen LogP contribution in [0.1, 0.15) is 348 Å². The highest BCUT2D eigenvalue weighted by Crippen LogP contribution is 2.43. The summed E-state index contributed by atoms with van der Waals surface area (Å²) in [4.78, 5) is 35.0. The van der Waals surface area contributed by atoms with Crippen molar-refractivity contribution in [2.75, 3.05) is 26.4 Å². The highest BCUT2D eigenvalue weighted by Gasteiger charge is 2.26. The zero-order valence-electron chi connectivity index (χ0n) is 47.5. The summed E-state index contributed by atoms with van der Waals surface area (Å²) < 4.78 is 32.9. The molecule has 0 rings (SSSR count). The third-order valence-electron chi connectivity index (χ3n) is 14.5. The molecule has 0 aliphatic heterocycles. The lowest BCUT2D eigenvalue weighted by atomic mass is 10.0. The summed E-state index contributed by atoms with van der Waals surface area (Å²) in [6.07, 6.45) is 66.5. The van der Waals surface area contributed by atoms with E-state index in [2.05, 4.69) is 13.8 Å². The number of carbonyl (C=O) groups excluding carboxylic acids is 2. The van der Waals surface area contributed by atoms with Crippen LogP contribution >= 0.6 is 7.82 Å². The van der Waals surface area contributed by atoms with E-state index in [0.717, 1.165) is 32.1 Å². The predicted octanol–water partition coefficient (Wildman–Crippen LogP) is 19.9. The summed E-state index contributed by atoms with van der Waals surface area (Å²) in [5.74, 6) is -0.808. The van der Waals surface area contributed by atoms with Crippen LogP contribution in [0.4, 0.5) is 0 Å². The maximum absolute atomic E-state index is 12.7. The molecule has 0 bridgehead atoms. The van der Waals surface area contributed by atoms with Gasteiger partial charge in [0.15, 0.2) is 6.10 Å². The normalized spacial score (nSPS) is 12.9. The number of unbranched alkanes of at least 4 members (excludes halogenated alkanes) is 48. The summed E-state index contributed by atoms with van der Waals surface area (Å²) in [7, 11) is -4.37. The Labute approximate surface area is 441 Å². The molecule has 2 unspecified atom stereocenters. The predicted molar refractivity (Wildman–Crippen MR) is 303 cm³/mol. The summed E-state index contributed by atoms with van der Waals surface area (Å²) in [6.45, 7) is 3.79. The van der Waals surface area contributed by atoms with Gasteiger partial charge in [-0.2, -0.15) is 0 Å². The number of phosphoric ester groups is 1. The molecule has 0 aliphatic rings. The van der Waals surface area contributed by atoms with E-state index in [1.807, 2.05) is 0 Å². The van der Waals surface area contributed by atoms with Crippen LogP contribution in [0.15, 0.2) is 0 Å². The second-order valence-electron chi connectivity index (χ2n) is 21.7. The van der Waals surface area contributed by atoms with E-state index in [0.29, 0.717) is 6.42 Å². The topological polar surface area (TPSA) is 134 Å². The van der Waals surface area contributed by atoms with Crippen molar-refractivity contribution in [2.45, 2.75) is 354 Å². The van der Waals surface area contributed by atoms with Crippen LogP contribution in [-0.4, -0.2) is 49.3 Å². The molecule has 0 spiro atoms. The van der Waals surface area contributed by atoms with Crippen molar-refractivity contribution in [3.05, 3.63) is 0 Å². The van der Waals surface area contributed by atoms with Gasteiger partial charge in [0.1, 0.15) is 6.61 Å². The number of phosphoric acid groups is 1. The number of hydrogen-bond acceptors (Lipinski definition) is 8. The highest BCUT2D eigenvalue weighted by molar-refractivity contribution is 7.47. The van der Waals surface area contributed by atoms with Gasteiger partial charge in [-0.1, -0.05) is 322 Å². The van der Waals surface area contributed by atoms with Crippen LogP contribution in [0, 0.1) is 0 Å². The lowest BCUT2D eigenvalue weighted by molar-refractivity contribution is -0.161. The van der Waals surface area contributed by atoms with Crippen LogP contribution in [0.5, 0.6) is 0 Å². The average Bonchev–Trinajstić information content (AvgIpc) is 3.36. The Balaban J connectivity index is 3.65. The average molecular weight is 1030 g/mol. The van der Waals surface area contributed by atoms with Crippen LogP contribution in [-0.2, 0) is 32.7 Å². The van der Waals surface area contributed by atoms with Crippen molar-refractivity contribution in [1.82, 2.24) is 0 Å². The van der Waals surface area contributed by atoms with E-state index >= 15 is 0 Å². The van der Waals surface area contributed by atoms with Gasteiger partial charge in [0.25, 0.3) is 0 Å². The van der Waals surface area contributed by atoms with Crippen molar-refractivity contribution in [2.24, 2.45) is 5.73 Å². The molecule has 9 nitrogen and oxygen atoms in total. The van der Waals surface area contributed by atoms with E-state index in [4.69, 9.17) is 24.3 Å². The van der Waals surface area contributed by atoms with Crippen molar-refractivity contribution in [1.29, 1.82) is 0 Å². The van der Waals surface area contributed by atoms with Gasteiger partial charge in [-0.3, -0.25) is 18.6 Å². The maximum atomic E-state index is 12.7.